The van der Waals surface area contributed by atoms with E-state index >= 15 is 0 Å². The predicted octanol–water partition coefficient (Wildman–Crippen LogP) is 5.16. The number of aryl methyl sites for hydroxylation is 1. The van der Waals surface area contributed by atoms with Gasteiger partial charge in [0.25, 0.3) is 5.91 Å². The van der Waals surface area contributed by atoms with E-state index < -0.39 is 0 Å². The van der Waals surface area contributed by atoms with Gasteiger partial charge in [0.2, 0.25) is 0 Å². The van der Waals surface area contributed by atoms with Crippen LogP contribution in [0.2, 0.25) is 0 Å². The van der Waals surface area contributed by atoms with Crippen molar-refractivity contribution in [3.63, 3.8) is 0 Å². The second kappa shape index (κ2) is 5.70. The number of amides is 1. The predicted molar refractivity (Wildman–Crippen MR) is 90.8 cm³/mol. The average molecular weight is 340 g/mol. The summed E-state index contributed by atoms with van der Waals surface area (Å²) in [5.41, 5.74) is 2.66. The minimum Gasteiger partial charge on any atom is -0.322 e. The second-order valence-electron chi connectivity index (χ2n) is 4.99. The molecule has 3 aromatic rings. The number of fused-ring (bicyclic) bond motifs is 1. The Morgan fingerprint density at radius 1 is 1.00 bits per heavy atom. The van der Waals surface area contributed by atoms with Crippen LogP contribution in [0.15, 0.2) is 65.1 Å². The molecule has 0 aliphatic rings. The van der Waals surface area contributed by atoms with E-state index in [0.717, 1.165) is 20.9 Å². The van der Waals surface area contributed by atoms with Gasteiger partial charge in [0.1, 0.15) is 0 Å². The third-order valence-electron chi connectivity index (χ3n) is 3.38. The Bertz CT molecular complexity index is 809. The van der Waals surface area contributed by atoms with Crippen LogP contribution in [0.3, 0.4) is 0 Å². The molecule has 0 unspecified atom stereocenters. The first-order valence-corrected chi connectivity index (χ1v) is 7.49. The highest BCUT2D eigenvalue weighted by atomic mass is 79.9. The molecule has 0 aliphatic heterocycles. The molecule has 3 rings (SSSR count). The van der Waals surface area contributed by atoms with Crippen LogP contribution in [-0.4, -0.2) is 5.91 Å². The van der Waals surface area contributed by atoms with Gasteiger partial charge in [-0.15, -0.1) is 0 Å². The van der Waals surface area contributed by atoms with E-state index in [1.165, 1.54) is 5.56 Å². The molecular formula is C18H14BrNO. The van der Waals surface area contributed by atoms with Crippen LogP contribution in [0.25, 0.3) is 10.8 Å². The molecule has 1 amide bonds. The van der Waals surface area contributed by atoms with Crippen molar-refractivity contribution in [2.75, 3.05) is 5.32 Å². The summed E-state index contributed by atoms with van der Waals surface area (Å²) in [6, 6.07) is 19.5. The summed E-state index contributed by atoms with van der Waals surface area (Å²) in [5.74, 6) is -0.0909. The Morgan fingerprint density at radius 2 is 1.76 bits per heavy atom. The molecular weight excluding hydrogens is 326 g/mol. The molecule has 3 heteroatoms. The summed E-state index contributed by atoms with van der Waals surface area (Å²) in [7, 11) is 0. The number of anilines is 1. The molecule has 2 nitrogen and oxygen atoms in total. The number of benzene rings is 3. The van der Waals surface area contributed by atoms with Gasteiger partial charge in [0.05, 0.1) is 0 Å². The lowest BCUT2D eigenvalue weighted by atomic mass is 10.0. The maximum atomic E-state index is 12.5. The summed E-state index contributed by atoms with van der Waals surface area (Å²) >= 11 is 3.38. The van der Waals surface area contributed by atoms with Crippen LogP contribution < -0.4 is 5.32 Å². The largest absolute Gasteiger partial charge is 0.322 e. The SMILES string of the molecule is Cc1ccc2c(C(=O)Nc3ccc(Br)cc3)cccc2c1. The van der Waals surface area contributed by atoms with Gasteiger partial charge in [-0.05, 0) is 48.0 Å². The summed E-state index contributed by atoms with van der Waals surface area (Å²) < 4.78 is 0.987. The van der Waals surface area contributed by atoms with Gasteiger partial charge in [-0.3, -0.25) is 4.79 Å². The van der Waals surface area contributed by atoms with Crippen molar-refractivity contribution in [1.82, 2.24) is 0 Å². The van der Waals surface area contributed by atoms with Crippen molar-refractivity contribution >= 4 is 38.3 Å². The zero-order valence-electron chi connectivity index (χ0n) is 11.6. The Morgan fingerprint density at radius 3 is 2.52 bits per heavy atom. The number of nitrogens with one attached hydrogen (secondary N) is 1. The minimum absolute atomic E-state index is 0.0909. The zero-order valence-corrected chi connectivity index (χ0v) is 13.1. The highest BCUT2D eigenvalue weighted by Crippen LogP contribution is 2.22. The smallest absolute Gasteiger partial charge is 0.256 e. The molecule has 0 spiro atoms. The summed E-state index contributed by atoms with van der Waals surface area (Å²) in [6.07, 6.45) is 0. The van der Waals surface area contributed by atoms with Gasteiger partial charge in [-0.2, -0.15) is 0 Å². The molecule has 0 saturated heterocycles. The first kappa shape index (κ1) is 13.8. The van der Waals surface area contributed by atoms with Crippen molar-refractivity contribution < 1.29 is 4.79 Å². The molecule has 0 radical (unpaired) electrons. The fraction of sp³-hybridized carbons (Fsp3) is 0.0556. The third-order valence-corrected chi connectivity index (χ3v) is 3.91. The van der Waals surface area contributed by atoms with Gasteiger partial charge in [0.15, 0.2) is 0 Å². The lowest BCUT2D eigenvalue weighted by molar-refractivity contribution is 0.102. The Labute approximate surface area is 131 Å². The molecule has 21 heavy (non-hydrogen) atoms. The highest BCUT2D eigenvalue weighted by molar-refractivity contribution is 9.10. The maximum absolute atomic E-state index is 12.5. The number of hydrogen-bond acceptors (Lipinski definition) is 1. The van der Waals surface area contributed by atoms with E-state index in [1.54, 1.807) is 0 Å². The van der Waals surface area contributed by atoms with Crippen LogP contribution in [-0.2, 0) is 0 Å². The maximum Gasteiger partial charge on any atom is 0.256 e. The molecule has 0 atom stereocenters. The summed E-state index contributed by atoms with van der Waals surface area (Å²) in [6.45, 7) is 2.05. The van der Waals surface area contributed by atoms with Crippen LogP contribution in [0.1, 0.15) is 15.9 Å². The summed E-state index contributed by atoms with van der Waals surface area (Å²) in [5, 5.41) is 4.98. The van der Waals surface area contributed by atoms with Crippen molar-refractivity contribution in [3.05, 3.63) is 76.3 Å². The van der Waals surface area contributed by atoms with Gasteiger partial charge in [-0.1, -0.05) is 51.8 Å². The Kier molecular flexibility index (Phi) is 3.76. The second-order valence-corrected chi connectivity index (χ2v) is 5.91. The van der Waals surface area contributed by atoms with E-state index in [9.17, 15) is 4.79 Å². The van der Waals surface area contributed by atoms with Gasteiger partial charge in [-0.25, -0.2) is 0 Å². The Hall–Kier alpha value is -2.13. The van der Waals surface area contributed by atoms with Gasteiger partial charge >= 0.3 is 0 Å². The van der Waals surface area contributed by atoms with Crippen molar-refractivity contribution in [2.45, 2.75) is 6.92 Å². The number of rotatable bonds is 2. The van der Waals surface area contributed by atoms with E-state index in [-0.39, 0.29) is 5.91 Å². The number of hydrogen-bond donors (Lipinski definition) is 1. The number of carbonyl (C=O) groups is 1. The highest BCUT2D eigenvalue weighted by Gasteiger charge is 2.10. The minimum atomic E-state index is -0.0909. The zero-order chi connectivity index (χ0) is 14.8. The molecule has 0 bridgehead atoms. The lowest BCUT2D eigenvalue weighted by Gasteiger charge is -2.09. The lowest BCUT2D eigenvalue weighted by Crippen LogP contribution is -2.12. The molecule has 3 aromatic carbocycles. The van der Waals surface area contributed by atoms with E-state index in [0.29, 0.717) is 5.56 Å². The van der Waals surface area contributed by atoms with Crippen LogP contribution in [0.5, 0.6) is 0 Å². The monoisotopic (exact) mass is 339 g/mol. The molecule has 1 N–H and O–H groups in total. The van der Waals surface area contributed by atoms with Crippen LogP contribution in [0, 0.1) is 6.92 Å². The quantitative estimate of drug-likeness (QED) is 0.686. The van der Waals surface area contributed by atoms with Crippen molar-refractivity contribution in [2.24, 2.45) is 0 Å². The fourth-order valence-electron chi connectivity index (χ4n) is 2.33. The van der Waals surface area contributed by atoms with Crippen molar-refractivity contribution in [1.29, 1.82) is 0 Å². The number of carbonyl (C=O) groups excluding carboxylic acids is 1. The van der Waals surface area contributed by atoms with Crippen LogP contribution in [0.4, 0.5) is 5.69 Å². The third kappa shape index (κ3) is 2.98. The first-order chi connectivity index (χ1) is 10.1. The topological polar surface area (TPSA) is 29.1 Å². The van der Waals surface area contributed by atoms with E-state index in [4.69, 9.17) is 0 Å². The van der Waals surface area contributed by atoms with Gasteiger partial charge in [0, 0.05) is 15.7 Å². The van der Waals surface area contributed by atoms with Crippen molar-refractivity contribution in [3.8, 4) is 0 Å². The van der Waals surface area contributed by atoms with E-state index in [2.05, 4.69) is 27.3 Å². The summed E-state index contributed by atoms with van der Waals surface area (Å²) in [4.78, 5) is 12.5. The standard InChI is InChI=1S/C18H14BrNO/c1-12-5-10-16-13(11-12)3-2-4-17(16)18(21)20-15-8-6-14(19)7-9-15/h2-11H,1H3,(H,20,21). The van der Waals surface area contributed by atoms with Crippen LogP contribution >= 0.6 is 15.9 Å². The average Bonchev–Trinajstić information content (AvgIpc) is 2.48. The molecule has 0 heterocycles. The first-order valence-electron chi connectivity index (χ1n) is 6.70. The molecule has 0 saturated carbocycles. The molecule has 104 valence electrons. The molecule has 0 aliphatic carbocycles. The molecule has 0 fully saturated rings. The normalized spacial score (nSPS) is 10.6. The Balaban J connectivity index is 1.96. The fourth-order valence-corrected chi connectivity index (χ4v) is 2.60. The molecule has 0 aromatic heterocycles. The van der Waals surface area contributed by atoms with Gasteiger partial charge < -0.3 is 5.32 Å². The van der Waals surface area contributed by atoms with E-state index in [1.807, 2.05) is 61.5 Å². The number of halogens is 1.